The molecule has 0 spiro atoms. The zero-order valence-electron chi connectivity index (χ0n) is 12.0. The van der Waals surface area contributed by atoms with Crippen LogP contribution in [0.1, 0.15) is 5.56 Å². The minimum Gasteiger partial charge on any atom is -0.492 e. The van der Waals surface area contributed by atoms with Gasteiger partial charge in [-0.1, -0.05) is 24.8 Å². The maximum Gasteiger partial charge on any atom is 0.129 e. The summed E-state index contributed by atoms with van der Waals surface area (Å²) in [5, 5.41) is 17.2. The topological polar surface area (TPSA) is 60.0 Å². The number of allylic oxidation sites excluding steroid dienone is 3. The van der Waals surface area contributed by atoms with E-state index in [9.17, 15) is 0 Å². The van der Waals surface area contributed by atoms with Gasteiger partial charge in [0.25, 0.3) is 0 Å². The van der Waals surface area contributed by atoms with Gasteiger partial charge in [-0.05, 0) is 36.0 Å². The third-order valence-electron chi connectivity index (χ3n) is 2.67. The van der Waals surface area contributed by atoms with Crippen molar-refractivity contribution in [3.8, 4) is 17.9 Å². The van der Waals surface area contributed by atoms with Crippen molar-refractivity contribution in [2.45, 2.75) is 0 Å². The minimum absolute atomic E-state index is 0.0817. The molecule has 106 valence electrons. The second kappa shape index (κ2) is 9.01. The SMILES string of the molecule is C=Cc1ccc(OCCN(C)/C=C/C=C(C#N)C#N)cc1. The van der Waals surface area contributed by atoms with Crippen molar-refractivity contribution in [2.24, 2.45) is 0 Å². The molecule has 0 unspecified atom stereocenters. The van der Waals surface area contributed by atoms with Gasteiger partial charge < -0.3 is 9.64 Å². The van der Waals surface area contributed by atoms with Gasteiger partial charge in [0.1, 0.15) is 30.1 Å². The van der Waals surface area contributed by atoms with E-state index in [0.29, 0.717) is 13.2 Å². The van der Waals surface area contributed by atoms with Crippen molar-refractivity contribution in [1.29, 1.82) is 10.5 Å². The van der Waals surface area contributed by atoms with Crippen LogP contribution in [0, 0.1) is 22.7 Å². The first-order valence-corrected chi connectivity index (χ1v) is 6.44. The molecule has 0 amide bonds. The summed E-state index contributed by atoms with van der Waals surface area (Å²) in [5.74, 6) is 0.814. The second-order valence-electron chi connectivity index (χ2n) is 4.25. The van der Waals surface area contributed by atoms with Crippen molar-refractivity contribution >= 4 is 6.08 Å². The van der Waals surface area contributed by atoms with E-state index >= 15 is 0 Å². The van der Waals surface area contributed by atoms with E-state index in [-0.39, 0.29) is 5.57 Å². The van der Waals surface area contributed by atoms with E-state index in [2.05, 4.69) is 6.58 Å². The number of nitrogens with zero attached hydrogens (tertiary/aromatic N) is 3. The number of benzene rings is 1. The quantitative estimate of drug-likeness (QED) is 0.568. The highest BCUT2D eigenvalue weighted by molar-refractivity contribution is 5.48. The third-order valence-corrected chi connectivity index (χ3v) is 2.67. The predicted molar refractivity (Wildman–Crippen MR) is 83.1 cm³/mol. The molecule has 4 nitrogen and oxygen atoms in total. The largest absolute Gasteiger partial charge is 0.492 e. The van der Waals surface area contributed by atoms with Crippen molar-refractivity contribution in [3.63, 3.8) is 0 Å². The summed E-state index contributed by atoms with van der Waals surface area (Å²) in [6.07, 6.45) is 6.72. The Morgan fingerprint density at radius 3 is 2.52 bits per heavy atom. The van der Waals surface area contributed by atoms with Crippen LogP contribution in [0.25, 0.3) is 6.08 Å². The number of ether oxygens (including phenoxy) is 1. The van der Waals surface area contributed by atoms with E-state index < -0.39 is 0 Å². The average molecular weight is 279 g/mol. The standard InChI is InChI=1S/C17H17N3O/c1-3-15-6-8-17(9-7-15)21-12-11-20(2)10-4-5-16(13-18)14-19/h3-10H,1,11-12H2,2H3/b10-4+. The fourth-order valence-electron chi connectivity index (χ4n) is 1.47. The monoisotopic (exact) mass is 279 g/mol. The lowest BCUT2D eigenvalue weighted by atomic mass is 10.2. The fraction of sp³-hybridized carbons (Fsp3) is 0.176. The van der Waals surface area contributed by atoms with Crippen LogP contribution in [0.5, 0.6) is 5.75 Å². The Morgan fingerprint density at radius 2 is 1.95 bits per heavy atom. The van der Waals surface area contributed by atoms with Gasteiger partial charge in [-0.15, -0.1) is 0 Å². The first kappa shape index (κ1) is 16.1. The van der Waals surface area contributed by atoms with Crippen molar-refractivity contribution < 1.29 is 4.74 Å². The zero-order valence-corrected chi connectivity index (χ0v) is 12.0. The van der Waals surface area contributed by atoms with Gasteiger partial charge in [-0.2, -0.15) is 10.5 Å². The highest BCUT2D eigenvalue weighted by Crippen LogP contribution is 2.12. The number of nitriles is 2. The van der Waals surface area contributed by atoms with Crippen LogP contribution < -0.4 is 4.74 Å². The van der Waals surface area contributed by atoms with E-state index in [4.69, 9.17) is 15.3 Å². The van der Waals surface area contributed by atoms with E-state index in [1.54, 1.807) is 30.5 Å². The molecule has 4 heteroatoms. The van der Waals surface area contributed by atoms with Gasteiger partial charge in [0.15, 0.2) is 0 Å². The molecule has 0 N–H and O–H groups in total. The van der Waals surface area contributed by atoms with Crippen LogP contribution in [-0.2, 0) is 0 Å². The van der Waals surface area contributed by atoms with Gasteiger partial charge in [0.05, 0.1) is 6.54 Å². The van der Waals surface area contributed by atoms with E-state index in [0.717, 1.165) is 11.3 Å². The fourth-order valence-corrected chi connectivity index (χ4v) is 1.47. The van der Waals surface area contributed by atoms with Crippen LogP contribution in [-0.4, -0.2) is 25.1 Å². The first-order chi connectivity index (χ1) is 10.2. The molecule has 1 rings (SSSR count). The van der Waals surface area contributed by atoms with Gasteiger partial charge in [-0.3, -0.25) is 0 Å². The molecule has 1 aromatic rings. The Bertz CT molecular complexity index is 584. The van der Waals surface area contributed by atoms with Gasteiger partial charge in [-0.25, -0.2) is 0 Å². The molecular formula is C17H17N3O. The number of rotatable bonds is 7. The normalized spacial score (nSPS) is 9.48. The van der Waals surface area contributed by atoms with Crippen LogP contribution in [0.3, 0.4) is 0 Å². The number of hydrogen-bond acceptors (Lipinski definition) is 4. The minimum atomic E-state index is 0.0817. The molecule has 0 fully saturated rings. The molecule has 0 radical (unpaired) electrons. The lowest BCUT2D eigenvalue weighted by Crippen LogP contribution is -2.18. The van der Waals surface area contributed by atoms with E-state index in [1.807, 2.05) is 36.2 Å². The summed E-state index contributed by atoms with van der Waals surface area (Å²) in [7, 11) is 1.90. The summed E-state index contributed by atoms with van der Waals surface area (Å²) in [5.41, 5.74) is 1.14. The molecule has 0 saturated carbocycles. The molecule has 0 heterocycles. The van der Waals surface area contributed by atoms with Crippen LogP contribution >= 0.6 is 0 Å². The number of likely N-dealkylation sites (N-methyl/N-ethyl adjacent to an activating group) is 1. The lowest BCUT2D eigenvalue weighted by molar-refractivity contribution is 0.274. The molecule has 0 aliphatic carbocycles. The van der Waals surface area contributed by atoms with Crippen LogP contribution in [0.15, 0.2) is 54.8 Å². The molecule has 0 aliphatic rings. The van der Waals surface area contributed by atoms with Crippen molar-refractivity contribution in [3.05, 3.63) is 60.3 Å². The first-order valence-electron chi connectivity index (χ1n) is 6.44. The van der Waals surface area contributed by atoms with Crippen LogP contribution in [0.4, 0.5) is 0 Å². The highest BCUT2D eigenvalue weighted by atomic mass is 16.5. The molecule has 1 aromatic carbocycles. The summed E-state index contributed by atoms with van der Waals surface area (Å²) in [6, 6.07) is 11.3. The van der Waals surface area contributed by atoms with Crippen molar-refractivity contribution in [1.82, 2.24) is 4.90 Å². The second-order valence-corrected chi connectivity index (χ2v) is 4.25. The molecule has 0 atom stereocenters. The Morgan fingerprint density at radius 1 is 1.29 bits per heavy atom. The maximum absolute atomic E-state index is 8.58. The third kappa shape index (κ3) is 6.13. The maximum atomic E-state index is 8.58. The highest BCUT2D eigenvalue weighted by Gasteiger charge is 1.95. The lowest BCUT2D eigenvalue weighted by Gasteiger charge is -2.14. The molecule has 21 heavy (non-hydrogen) atoms. The van der Waals surface area contributed by atoms with E-state index in [1.165, 1.54) is 6.08 Å². The Kier molecular flexibility index (Phi) is 6.90. The zero-order chi connectivity index (χ0) is 15.5. The number of hydrogen-bond donors (Lipinski definition) is 0. The molecular weight excluding hydrogens is 262 g/mol. The summed E-state index contributed by atoms with van der Waals surface area (Å²) in [4.78, 5) is 1.92. The van der Waals surface area contributed by atoms with Crippen molar-refractivity contribution in [2.75, 3.05) is 20.2 Å². The average Bonchev–Trinajstić information content (AvgIpc) is 2.52. The van der Waals surface area contributed by atoms with Gasteiger partial charge in [0, 0.05) is 7.05 Å². The summed E-state index contributed by atoms with van der Waals surface area (Å²) >= 11 is 0. The predicted octanol–water partition coefficient (Wildman–Crippen LogP) is 3.13. The summed E-state index contributed by atoms with van der Waals surface area (Å²) < 4.78 is 5.62. The molecule has 0 aromatic heterocycles. The molecule has 0 saturated heterocycles. The summed E-state index contributed by atoms with van der Waals surface area (Å²) in [6.45, 7) is 4.94. The molecule has 0 aliphatic heterocycles. The smallest absolute Gasteiger partial charge is 0.129 e. The van der Waals surface area contributed by atoms with Gasteiger partial charge >= 0.3 is 0 Å². The molecule has 0 bridgehead atoms. The van der Waals surface area contributed by atoms with Gasteiger partial charge in [0.2, 0.25) is 0 Å². The Labute approximate surface area is 125 Å². The Hall–Kier alpha value is -2.98. The van der Waals surface area contributed by atoms with Crippen LogP contribution in [0.2, 0.25) is 0 Å². The Balaban J connectivity index is 2.36.